The molecule has 1 N–H and O–H groups in total. The number of halogens is 6. The Morgan fingerprint density at radius 2 is 1.76 bits per heavy atom. The van der Waals surface area contributed by atoms with Crippen LogP contribution in [0.3, 0.4) is 0 Å². The van der Waals surface area contributed by atoms with E-state index in [0.29, 0.717) is 15.5 Å². The van der Waals surface area contributed by atoms with Crippen LogP contribution < -0.4 is 19.7 Å². The minimum Gasteiger partial charge on any atom is -0.495 e. The molecular weight excluding hydrogens is 496 g/mol. The van der Waals surface area contributed by atoms with E-state index in [9.17, 15) is 13.2 Å². The molecule has 29 heavy (non-hydrogen) atoms. The van der Waals surface area contributed by atoms with Crippen molar-refractivity contribution in [3.05, 3.63) is 50.9 Å². The van der Waals surface area contributed by atoms with Crippen LogP contribution in [0.15, 0.2) is 40.9 Å². The summed E-state index contributed by atoms with van der Waals surface area (Å²) >= 11 is 14.5. The maximum atomic E-state index is 11.8. The van der Waals surface area contributed by atoms with Crippen molar-refractivity contribution in [3.8, 4) is 11.5 Å². The van der Waals surface area contributed by atoms with Crippen LogP contribution in [0.4, 0.5) is 18.9 Å². The Morgan fingerprint density at radius 1 is 1.10 bits per heavy atom. The molecule has 2 aromatic carbocycles. The van der Waals surface area contributed by atoms with E-state index in [1.54, 1.807) is 7.11 Å². The zero-order valence-electron chi connectivity index (χ0n) is 15.7. The van der Waals surface area contributed by atoms with Gasteiger partial charge in [0.05, 0.1) is 17.2 Å². The highest BCUT2D eigenvalue weighted by molar-refractivity contribution is 9.10. The van der Waals surface area contributed by atoms with Crippen molar-refractivity contribution >= 4 is 44.8 Å². The number of nitrogens with zero attached hydrogens (tertiary/aromatic N) is 1. The van der Waals surface area contributed by atoms with Gasteiger partial charge in [0.1, 0.15) is 11.5 Å². The average molecular weight is 516 g/mol. The molecule has 0 bridgehead atoms. The van der Waals surface area contributed by atoms with Crippen molar-refractivity contribution < 1.29 is 22.6 Å². The highest BCUT2D eigenvalue weighted by Gasteiger charge is 2.32. The largest absolute Gasteiger partial charge is 0.573 e. The summed E-state index contributed by atoms with van der Waals surface area (Å²) < 4.78 is 44.6. The summed E-state index contributed by atoms with van der Waals surface area (Å²) in [4.78, 5) is 2.35. The summed E-state index contributed by atoms with van der Waals surface area (Å²) in [5.41, 5.74) is 1.18. The highest BCUT2D eigenvalue weighted by Crippen LogP contribution is 2.32. The van der Waals surface area contributed by atoms with E-state index in [1.807, 2.05) is 18.2 Å². The molecule has 4 nitrogen and oxygen atoms in total. The van der Waals surface area contributed by atoms with Gasteiger partial charge in [-0.2, -0.15) is 0 Å². The van der Waals surface area contributed by atoms with Crippen molar-refractivity contribution in [2.45, 2.75) is 19.3 Å². The van der Waals surface area contributed by atoms with Gasteiger partial charge in [-0.3, -0.25) is 0 Å². The van der Waals surface area contributed by atoms with E-state index < -0.39 is 12.1 Å². The van der Waals surface area contributed by atoms with Crippen LogP contribution in [0, 0.1) is 0 Å². The number of piperazine rings is 1. The number of alkyl halides is 3. The summed E-state index contributed by atoms with van der Waals surface area (Å²) in [5.74, 6) is 0.328. The van der Waals surface area contributed by atoms with E-state index in [1.165, 1.54) is 17.8 Å². The predicted octanol–water partition coefficient (Wildman–Crippen LogP) is 6.15. The minimum atomic E-state index is -4.72. The maximum absolute atomic E-state index is 11.8. The second-order valence-electron chi connectivity index (χ2n) is 6.24. The lowest BCUT2D eigenvalue weighted by atomic mass is 10.2. The van der Waals surface area contributed by atoms with Crippen LogP contribution in [-0.2, 0) is 0 Å². The van der Waals surface area contributed by atoms with Gasteiger partial charge in [0.25, 0.3) is 0 Å². The Morgan fingerprint density at radius 3 is 2.38 bits per heavy atom. The smallest absolute Gasteiger partial charge is 0.495 e. The number of ether oxygens (including phenoxy) is 2. The number of anilines is 1. The Hall–Kier alpha value is -1.35. The molecule has 10 heteroatoms. The fraction of sp³-hybridized carbons (Fsp3) is 0.368. The monoisotopic (exact) mass is 514 g/mol. The molecule has 0 spiro atoms. The van der Waals surface area contributed by atoms with E-state index in [0.717, 1.165) is 31.5 Å². The first-order chi connectivity index (χ1) is 13.6. The molecule has 0 amide bonds. The molecule has 0 aliphatic carbocycles. The zero-order chi connectivity index (χ0) is 21.6. The van der Waals surface area contributed by atoms with Gasteiger partial charge in [-0.05, 0) is 37.3 Å². The van der Waals surface area contributed by atoms with Gasteiger partial charge in [0.2, 0.25) is 0 Å². The van der Waals surface area contributed by atoms with Crippen LogP contribution >= 0.6 is 39.1 Å². The van der Waals surface area contributed by atoms with Crippen LogP contribution in [0.5, 0.6) is 11.5 Å². The maximum Gasteiger partial charge on any atom is 0.573 e. The molecule has 2 aromatic rings. The quantitative estimate of drug-likeness (QED) is 0.531. The minimum absolute atomic E-state index is 0.0828. The first-order valence-corrected chi connectivity index (χ1v) is 10.2. The van der Waals surface area contributed by atoms with Gasteiger partial charge in [-0.25, -0.2) is 0 Å². The Kier molecular flexibility index (Phi) is 8.75. The molecule has 0 aromatic heterocycles. The number of methoxy groups -OCH3 is 1. The first kappa shape index (κ1) is 23.9. The van der Waals surface area contributed by atoms with Crippen molar-refractivity contribution in [2.75, 3.05) is 31.6 Å². The molecule has 160 valence electrons. The summed E-state index contributed by atoms with van der Waals surface area (Å²) in [5, 5.41) is 4.00. The summed E-state index contributed by atoms with van der Waals surface area (Å²) in [6.45, 7) is 5.26. The molecule has 0 unspecified atom stereocenters. The summed E-state index contributed by atoms with van der Waals surface area (Å²) in [6.07, 6.45) is -4.72. The van der Waals surface area contributed by atoms with E-state index in [4.69, 9.17) is 27.9 Å². The van der Waals surface area contributed by atoms with Gasteiger partial charge in [-0.1, -0.05) is 39.1 Å². The third-order valence-corrected chi connectivity index (χ3v) is 5.11. The fourth-order valence-electron chi connectivity index (χ4n) is 2.69. The molecule has 1 aliphatic heterocycles. The number of hydrogen-bond donors (Lipinski definition) is 1. The molecule has 3 rings (SSSR count). The average Bonchev–Trinajstić information content (AvgIpc) is 2.64. The second kappa shape index (κ2) is 10.6. The van der Waals surface area contributed by atoms with Crippen LogP contribution in [-0.4, -0.2) is 39.1 Å². The van der Waals surface area contributed by atoms with Crippen LogP contribution in [0.25, 0.3) is 0 Å². The van der Waals surface area contributed by atoms with Gasteiger partial charge >= 0.3 is 6.36 Å². The second-order valence-corrected chi connectivity index (χ2v) is 7.97. The third kappa shape index (κ3) is 7.77. The zero-order valence-corrected chi connectivity index (χ0v) is 18.8. The van der Waals surface area contributed by atoms with Crippen molar-refractivity contribution in [1.29, 1.82) is 0 Å². The Labute approximate surface area is 186 Å². The Bertz CT molecular complexity index is 825. The predicted molar refractivity (Wildman–Crippen MR) is 114 cm³/mol. The van der Waals surface area contributed by atoms with E-state index in [2.05, 4.69) is 37.8 Å². The molecule has 1 saturated heterocycles. The fourth-order valence-corrected chi connectivity index (χ4v) is 3.38. The van der Waals surface area contributed by atoms with E-state index >= 15 is 0 Å². The van der Waals surface area contributed by atoms with E-state index in [-0.39, 0.29) is 5.02 Å². The van der Waals surface area contributed by atoms with Gasteiger partial charge < -0.3 is 19.7 Å². The van der Waals surface area contributed by atoms with Gasteiger partial charge in [0.15, 0.2) is 0 Å². The van der Waals surface area contributed by atoms with Crippen molar-refractivity contribution in [3.63, 3.8) is 0 Å². The summed E-state index contributed by atoms with van der Waals surface area (Å²) in [7, 11) is 1.64. The van der Waals surface area contributed by atoms with Crippen LogP contribution in [0.2, 0.25) is 10.0 Å². The highest BCUT2D eigenvalue weighted by atomic mass is 79.9. The van der Waals surface area contributed by atoms with Gasteiger partial charge in [-0.15, -0.1) is 13.2 Å². The summed E-state index contributed by atoms with van der Waals surface area (Å²) in [6, 6.07) is 10.4. The number of benzene rings is 2. The number of rotatable bonds is 3. The molecule has 1 atom stereocenters. The van der Waals surface area contributed by atoms with Crippen LogP contribution in [0.1, 0.15) is 6.92 Å². The number of hydrogen-bond acceptors (Lipinski definition) is 4. The topological polar surface area (TPSA) is 33.7 Å². The molecular formula is C19H20BrCl2F3N2O2. The molecule has 1 aliphatic rings. The standard InChI is InChI=1S/C12H17ClN2O.C7H3BrClF3O/c1-9-8-15(6-5-14-9)10-3-4-11(13)12(7-10)16-2;8-4-1-2-5(9)6(3-4)13-7(10,11)12/h3-4,7,9,14H,5-6,8H2,1-2H3;1-3H/t9-;/m0./s1. The lowest BCUT2D eigenvalue weighted by Crippen LogP contribution is -2.49. The molecule has 0 saturated carbocycles. The first-order valence-electron chi connectivity index (χ1n) is 8.61. The van der Waals surface area contributed by atoms with Crippen molar-refractivity contribution in [2.24, 2.45) is 0 Å². The molecule has 1 heterocycles. The lowest BCUT2D eigenvalue weighted by molar-refractivity contribution is -0.274. The number of nitrogens with one attached hydrogen (secondary N) is 1. The molecule has 1 fully saturated rings. The third-order valence-electron chi connectivity index (χ3n) is 3.99. The SMILES string of the molecule is COc1cc(N2CCN[C@@H](C)C2)ccc1Cl.FC(F)(F)Oc1cc(Br)ccc1Cl. The normalized spacial score (nSPS) is 16.7. The van der Waals surface area contributed by atoms with Gasteiger partial charge in [0, 0.05) is 41.9 Å². The van der Waals surface area contributed by atoms with Crippen molar-refractivity contribution in [1.82, 2.24) is 5.32 Å². The lowest BCUT2D eigenvalue weighted by Gasteiger charge is -2.33. The Balaban J connectivity index is 0.000000212. The molecule has 0 radical (unpaired) electrons.